The van der Waals surface area contributed by atoms with E-state index in [1.165, 1.54) is 13.5 Å². The summed E-state index contributed by atoms with van der Waals surface area (Å²) < 4.78 is 4.91. The van der Waals surface area contributed by atoms with Crippen LogP contribution in [0.1, 0.15) is 18.5 Å². The Labute approximate surface area is 119 Å². The number of carbonyl (C=O) groups is 1. The Balaban J connectivity index is 1.70. The maximum Gasteiger partial charge on any atom is 0.409 e. The second-order valence-corrected chi connectivity index (χ2v) is 5.73. The number of fused-ring (bicyclic) bond motifs is 4. The zero-order valence-electron chi connectivity index (χ0n) is 11.9. The summed E-state index contributed by atoms with van der Waals surface area (Å²) in [6.45, 7) is 3.65. The zero-order chi connectivity index (χ0) is 13.9. The van der Waals surface area contributed by atoms with Gasteiger partial charge in [0.2, 0.25) is 0 Å². The van der Waals surface area contributed by atoms with Gasteiger partial charge in [-0.25, -0.2) is 4.79 Å². The lowest BCUT2D eigenvalue weighted by Gasteiger charge is -2.34. The van der Waals surface area contributed by atoms with Crippen LogP contribution in [0.3, 0.4) is 0 Å². The average Bonchev–Trinajstić information content (AvgIpc) is 2.77. The van der Waals surface area contributed by atoms with Gasteiger partial charge in [0.15, 0.2) is 0 Å². The minimum Gasteiger partial charge on any atom is -0.453 e. The fraction of sp³-hybridized carbons (Fsp3) is 0.600. The van der Waals surface area contributed by atoms with Gasteiger partial charge >= 0.3 is 6.09 Å². The Kier molecular flexibility index (Phi) is 3.87. The standard InChI is InChI=1S/C15H21N3O2/c1-20-15(19)18-9-12-5-6-14(18)11-17(8-12)10-13-4-2-3-7-16-13/h2-4,7,12,14H,5-6,8-11H2,1H3. The van der Waals surface area contributed by atoms with Crippen molar-refractivity contribution in [3.05, 3.63) is 30.1 Å². The molecule has 1 amide bonds. The van der Waals surface area contributed by atoms with Crippen molar-refractivity contribution >= 4 is 6.09 Å². The molecule has 0 N–H and O–H groups in total. The SMILES string of the molecule is COC(=O)N1CC2CCC1CN(Cc1ccccn1)C2. The minimum atomic E-state index is -0.181. The third-order valence-electron chi connectivity index (χ3n) is 4.31. The number of carbonyl (C=O) groups excluding carboxylic acids is 1. The highest BCUT2D eigenvalue weighted by Crippen LogP contribution is 2.28. The summed E-state index contributed by atoms with van der Waals surface area (Å²) in [5.74, 6) is 0.552. The Morgan fingerprint density at radius 1 is 1.35 bits per heavy atom. The summed E-state index contributed by atoms with van der Waals surface area (Å²) in [7, 11) is 1.46. The molecule has 1 aromatic heterocycles. The molecule has 2 unspecified atom stereocenters. The molecule has 4 rings (SSSR count). The van der Waals surface area contributed by atoms with Gasteiger partial charge in [-0.15, -0.1) is 0 Å². The molecule has 108 valence electrons. The first-order chi connectivity index (χ1) is 9.76. The van der Waals surface area contributed by atoms with Gasteiger partial charge in [-0.3, -0.25) is 9.88 Å². The van der Waals surface area contributed by atoms with Gasteiger partial charge in [0.1, 0.15) is 0 Å². The third kappa shape index (κ3) is 2.77. The second-order valence-electron chi connectivity index (χ2n) is 5.73. The van der Waals surface area contributed by atoms with Crippen LogP contribution in [0.15, 0.2) is 24.4 Å². The van der Waals surface area contributed by atoms with Crippen LogP contribution >= 0.6 is 0 Å². The average molecular weight is 275 g/mol. The molecule has 0 spiro atoms. The molecule has 0 saturated carbocycles. The minimum absolute atomic E-state index is 0.181. The van der Waals surface area contributed by atoms with Gasteiger partial charge in [0.25, 0.3) is 0 Å². The van der Waals surface area contributed by atoms with E-state index in [0.717, 1.165) is 38.3 Å². The predicted molar refractivity (Wildman–Crippen MR) is 75.1 cm³/mol. The van der Waals surface area contributed by atoms with Gasteiger partial charge < -0.3 is 9.64 Å². The van der Waals surface area contributed by atoms with Crippen molar-refractivity contribution in [1.29, 1.82) is 0 Å². The van der Waals surface area contributed by atoms with E-state index in [0.29, 0.717) is 5.92 Å². The van der Waals surface area contributed by atoms with E-state index in [2.05, 4.69) is 16.0 Å². The van der Waals surface area contributed by atoms with Crippen molar-refractivity contribution in [3.63, 3.8) is 0 Å². The van der Waals surface area contributed by atoms with Crippen molar-refractivity contribution in [2.45, 2.75) is 25.4 Å². The van der Waals surface area contributed by atoms with Gasteiger partial charge in [-0.05, 0) is 30.9 Å². The number of piperidine rings is 1. The smallest absolute Gasteiger partial charge is 0.409 e. The van der Waals surface area contributed by atoms with Gasteiger partial charge in [0, 0.05) is 38.4 Å². The van der Waals surface area contributed by atoms with E-state index < -0.39 is 0 Å². The number of pyridine rings is 1. The number of amides is 1. The number of rotatable bonds is 2. The summed E-state index contributed by atoms with van der Waals surface area (Å²) >= 11 is 0. The molecule has 5 heteroatoms. The van der Waals surface area contributed by atoms with Crippen molar-refractivity contribution < 1.29 is 9.53 Å². The van der Waals surface area contributed by atoms with Crippen molar-refractivity contribution in [2.24, 2.45) is 5.92 Å². The van der Waals surface area contributed by atoms with Gasteiger partial charge in [0.05, 0.1) is 12.8 Å². The number of hydrogen-bond acceptors (Lipinski definition) is 4. The molecular weight excluding hydrogens is 254 g/mol. The Morgan fingerprint density at radius 3 is 3.00 bits per heavy atom. The Bertz CT molecular complexity index is 465. The largest absolute Gasteiger partial charge is 0.453 e. The monoisotopic (exact) mass is 275 g/mol. The summed E-state index contributed by atoms with van der Waals surface area (Å²) in [6.07, 6.45) is 3.94. The van der Waals surface area contributed by atoms with Crippen LogP contribution in [-0.4, -0.2) is 53.7 Å². The topological polar surface area (TPSA) is 45.7 Å². The molecule has 2 bridgehead atoms. The fourth-order valence-electron chi connectivity index (χ4n) is 3.37. The lowest BCUT2D eigenvalue weighted by molar-refractivity contribution is 0.0833. The van der Waals surface area contributed by atoms with E-state index in [-0.39, 0.29) is 12.1 Å². The van der Waals surface area contributed by atoms with Crippen molar-refractivity contribution in [1.82, 2.24) is 14.8 Å². The van der Waals surface area contributed by atoms with Crippen LogP contribution in [0.2, 0.25) is 0 Å². The van der Waals surface area contributed by atoms with E-state index in [1.54, 1.807) is 0 Å². The number of aromatic nitrogens is 1. The molecule has 3 aliphatic rings. The highest BCUT2D eigenvalue weighted by atomic mass is 16.5. The Morgan fingerprint density at radius 2 is 2.25 bits per heavy atom. The maximum absolute atomic E-state index is 11.8. The summed E-state index contributed by atoms with van der Waals surface area (Å²) in [6, 6.07) is 6.31. The molecule has 3 aliphatic heterocycles. The van der Waals surface area contributed by atoms with Crippen molar-refractivity contribution in [3.8, 4) is 0 Å². The van der Waals surface area contributed by atoms with Crippen LogP contribution in [0.25, 0.3) is 0 Å². The number of hydrogen-bond donors (Lipinski definition) is 0. The van der Waals surface area contributed by atoms with Crippen LogP contribution < -0.4 is 0 Å². The van der Waals surface area contributed by atoms with Crippen LogP contribution in [0.4, 0.5) is 4.79 Å². The van der Waals surface area contributed by atoms with Gasteiger partial charge in [-0.1, -0.05) is 6.07 Å². The molecule has 20 heavy (non-hydrogen) atoms. The molecule has 0 radical (unpaired) electrons. The molecule has 0 aromatic carbocycles. The van der Waals surface area contributed by atoms with Crippen LogP contribution in [-0.2, 0) is 11.3 Å². The van der Waals surface area contributed by atoms with Crippen LogP contribution in [0.5, 0.6) is 0 Å². The van der Waals surface area contributed by atoms with E-state index in [4.69, 9.17) is 4.74 Å². The molecule has 1 aromatic rings. The van der Waals surface area contributed by atoms with Crippen LogP contribution in [0, 0.1) is 5.92 Å². The quantitative estimate of drug-likeness (QED) is 0.825. The molecule has 0 aliphatic carbocycles. The first kappa shape index (κ1) is 13.4. The Hall–Kier alpha value is -1.62. The van der Waals surface area contributed by atoms with E-state index >= 15 is 0 Å². The molecule has 2 atom stereocenters. The van der Waals surface area contributed by atoms with Gasteiger partial charge in [-0.2, -0.15) is 0 Å². The second kappa shape index (κ2) is 5.79. The summed E-state index contributed by atoms with van der Waals surface area (Å²) in [5.41, 5.74) is 1.10. The number of ether oxygens (including phenoxy) is 1. The maximum atomic E-state index is 11.8. The van der Waals surface area contributed by atoms with E-state index in [9.17, 15) is 4.79 Å². The van der Waals surface area contributed by atoms with E-state index in [1.807, 2.05) is 23.2 Å². The highest BCUT2D eigenvalue weighted by Gasteiger charge is 2.37. The highest BCUT2D eigenvalue weighted by molar-refractivity contribution is 5.68. The molecule has 5 nitrogen and oxygen atoms in total. The number of methoxy groups -OCH3 is 1. The third-order valence-corrected chi connectivity index (χ3v) is 4.31. The normalized spacial score (nSPS) is 26.4. The summed E-state index contributed by atoms with van der Waals surface area (Å²) in [4.78, 5) is 20.6. The molecule has 3 saturated heterocycles. The number of nitrogens with zero attached hydrogens (tertiary/aromatic N) is 3. The first-order valence-corrected chi connectivity index (χ1v) is 7.23. The fourth-order valence-corrected chi connectivity index (χ4v) is 3.37. The van der Waals surface area contributed by atoms with Crippen molar-refractivity contribution in [2.75, 3.05) is 26.7 Å². The first-order valence-electron chi connectivity index (χ1n) is 7.23. The lowest BCUT2D eigenvalue weighted by atomic mass is 9.95. The molecule has 3 fully saturated rings. The molecular formula is C15H21N3O2. The predicted octanol–water partition coefficient (Wildman–Crippen LogP) is 1.74. The zero-order valence-corrected chi connectivity index (χ0v) is 11.9. The summed E-state index contributed by atoms with van der Waals surface area (Å²) in [5, 5.41) is 0. The lowest BCUT2D eigenvalue weighted by Crippen LogP contribution is -2.47. The molecule has 4 heterocycles.